The zero-order valence-electron chi connectivity index (χ0n) is 11.9. The summed E-state index contributed by atoms with van der Waals surface area (Å²) in [5.74, 6) is 0. The minimum Gasteiger partial charge on any atom is -0.380 e. The molecule has 0 heterocycles. The number of nitro groups is 1. The highest BCUT2D eigenvalue weighted by Crippen LogP contribution is 2.36. The molecule has 1 aromatic rings. The molecule has 0 aromatic heterocycles. The number of rotatable bonds is 7. The Bertz CT molecular complexity index is 492. The maximum absolute atomic E-state index is 12.7. The molecule has 0 radical (unpaired) electrons. The third-order valence-electron chi connectivity index (χ3n) is 2.77. The first-order valence-electron chi connectivity index (χ1n) is 6.63. The number of anilines is 2. The summed E-state index contributed by atoms with van der Waals surface area (Å²) in [6.45, 7) is 2.81. The maximum atomic E-state index is 12.7. The highest BCUT2D eigenvalue weighted by molar-refractivity contribution is 5.77. The summed E-state index contributed by atoms with van der Waals surface area (Å²) >= 11 is 0. The molecule has 0 aliphatic rings. The van der Waals surface area contributed by atoms with E-state index in [0.717, 1.165) is 4.90 Å². The Hall–Kier alpha value is -1.99. The van der Waals surface area contributed by atoms with Crippen molar-refractivity contribution in [2.45, 2.75) is 26.4 Å². The molecule has 1 N–H and O–H groups in total. The van der Waals surface area contributed by atoms with Crippen LogP contribution in [0.25, 0.3) is 0 Å². The van der Waals surface area contributed by atoms with Gasteiger partial charge in [-0.2, -0.15) is 13.2 Å². The number of alkyl halides is 3. The molecule has 118 valence electrons. The zero-order chi connectivity index (χ0) is 16.0. The molecule has 0 amide bonds. The topological polar surface area (TPSA) is 58.4 Å². The van der Waals surface area contributed by atoms with E-state index in [-0.39, 0.29) is 23.6 Å². The summed E-state index contributed by atoms with van der Waals surface area (Å²) < 4.78 is 38.0. The van der Waals surface area contributed by atoms with Crippen molar-refractivity contribution in [3.8, 4) is 0 Å². The third kappa shape index (κ3) is 4.80. The first-order valence-corrected chi connectivity index (χ1v) is 6.63. The van der Waals surface area contributed by atoms with Gasteiger partial charge in [-0.3, -0.25) is 10.1 Å². The van der Waals surface area contributed by atoms with Crippen LogP contribution in [0.2, 0.25) is 0 Å². The van der Waals surface area contributed by atoms with Crippen molar-refractivity contribution in [1.29, 1.82) is 0 Å². The number of hydrogen-bond donors (Lipinski definition) is 1. The van der Waals surface area contributed by atoms with E-state index in [9.17, 15) is 23.3 Å². The molecule has 21 heavy (non-hydrogen) atoms. The average molecular weight is 305 g/mol. The summed E-state index contributed by atoms with van der Waals surface area (Å²) in [5.41, 5.74) is -0.113. The SMILES string of the molecule is CCCN(CC(F)(F)F)c1cccc(NCC)c1[N+](=O)[O-]. The highest BCUT2D eigenvalue weighted by Gasteiger charge is 2.33. The van der Waals surface area contributed by atoms with Gasteiger partial charge in [0.25, 0.3) is 0 Å². The third-order valence-corrected chi connectivity index (χ3v) is 2.77. The molecule has 0 saturated heterocycles. The van der Waals surface area contributed by atoms with Gasteiger partial charge in [-0.05, 0) is 25.5 Å². The van der Waals surface area contributed by atoms with E-state index in [1.54, 1.807) is 13.8 Å². The normalized spacial score (nSPS) is 11.3. The fraction of sp³-hybridized carbons (Fsp3) is 0.538. The lowest BCUT2D eigenvalue weighted by Gasteiger charge is -2.25. The largest absolute Gasteiger partial charge is 0.405 e. The van der Waals surface area contributed by atoms with Gasteiger partial charge in [0, 0.05) is 13.1 Å². The molecular weight excluding hydrogens is 287 g/mol. The molecular formula is C13H18F3N3O2. The van der Waals surface area contributed by atoms with Gasteiger partial charge < -0.3 is 10.2 Å². The lowest BCUT2D eigenvalue weighted by atomic mass is 10.2. The molecule has 1 aromatic carbocycles. The molecule has 1 rings (SSSR count). The number of nitrogens with one attached hydrogen (secondary N) is 1. The standard InChI is InChI=1S/C13H18F3N3O2/c1-3-8-18(9-13(14,15)16)11-7-5-6-10(17-4-2)12(11)19(20)21/h5-7,17H,3-4,8-9H2,1-2H3. The summed E-state index contributed by atoms with van der Waals surface area (Å²) in [6, 6.07) is 4.35. The fourth-order valence-corrected chi connectivity index (χ4v) is 2.08. The van der Waals surface area contributed by atoms with Gasteiger partial charge in [0.2, 0.25) is 0 Å². The van der Waals surface area contributed by atoms with Crippen molar-refractivity contribution in [3.63, 3.8) is 0 Å². The van der Waals surface area contributed by atoms with Crippen molar-refractivity contribution in [3.05, 3.63) is 28.3 Å². The summed E-state index contributed by atoms with van der Waals surface area (Å²) in [7, 11) is 0. The van der Waals surface area contributed by atoms with E-state index in [1.807, 2.05) is 0 Å². The summed E-state index contributed by atoms with van der Waals surface area (Å²) in [4.78, 5) is 11.6. The van der Waals surface area contributed by atoms with Gasteiger partial charge in [-0.25, -0.2) is 0 Å². The Kier molecular flexibility index (Phi) is 5.80. The minimum atomic E-state index is -4.42. The first-order chi connectivity index (χ1) is 9.80. The second-order valence-corrected chi connectivity index (χ2v) is 4.50. The van der Waals surface area contributed by atoms with Crippen LogP contribution in [-0.2, 0) is 0 Å². The van der Waals surface area contributed by atoms with E-state index in [0.29, 0.717) is 13.0 Å². The molecule has 0 bridgehead atoms. The molecule has 0 saturated carbocycles. The second-order valence-electron chi connectivity index (χ2n) is 4.50. The van der Waals surface area contributed by atoms with E-state index in [2.05, 4.69) is 5.32 Å². The molecule has 8 heteroatoms. The van der Waals surface area contributed by atoms with Gasteiger partial charge >= 0.3 is 11.9 Å². The van der Waals surface area contributed by atoms with Crippen LogP contribution >= 0.6 is 0 Å². The van der Waals surface area contributed by atoms with Crippen LogP contribution < -0.4 is 10.2 Å². The molecule has 5 nitrogen and oxygen atoms in total. The van der Waals surface area contributed by atoms with Crippen molar-refractivity contribution < 1.29 is 18.1 Å². The van der Waals surface area contributed by atoms with Crippen molar-refractivity contribution in [2.24, 2.45) is 0 Å². The second kappa shape index (κ2) is 7.14. The van der Waals surface area contributed by atoms with Crippen LogP contribution in [0.15, 0.2) is 18.2 Å². The predicted molar refractivity (Wildman–Crippen MR) is 75.8 cm³/mol. The Morgan fingerprint density at radius 3 is 2.48 bits per heavy atom. The van der Waals surface area contributed by atoms with Gasteiger partial charge in [-0.15, -0.1) is 0 Å². The Morgan fingerprint density at radius 2 is 2.00 bits per heavy atom. The quantitative estimate of drug-likeness (QED) is 0.615. The van der Waals surface area contributed by atoms with Gasteiger partial charge in [0.15, 0.2) is 0 Å². The molecule has 0 fully saturated rings. The number of halogens is 3. The molecule has 0 atom stereocenters. The Labute approximate surface area is 120 Å². The zero-order valence-corrected chi connectivity index (χ0v) is 11.9. The van der Waals surface area contributed by atoms with E-state index < -0.39 is 17.6 Å². The minimum absolute atomic E-state index is 0.0161. The average Bonchev–Trinajstić information content (AvgIpc) is 2.36. The lowest BCUT2D eigenvalue weighted by Crippen LogP contribution is -2.35. The van der Waals surface area contributed by atoms with Crippen LogP contribution in [0.5, 0.6) is 0 Å². The Morgan fingerprint density at radius 1 is 1.33 bits per heavy atom. The molecule has 0 unspecified atom stereocenters. The van der Waals surface area contributed by atoms with Crippen LogP contribution in [0.4, 0.5) is 30.2 Å². The number of hydrogen-bond acceptors (Lipinski definition) is 4. The predicted octanol–water partition coefficient (Wildman–Crippen LogP) is 3.81. The van der Waals surface area contributed by atoms with Crippen molar-refractivity contribution >= 4 is 17.1 Å². The smallest absolute Gasteiger partial charge is 0.380 e. The summed E-state index contributed by atoms with van der Waals surface area (Å²) in [5, 5.41) is 14.1. The maximum Gasteiger partial charge on any atom is 0.405 e. The molecule has 0 aliphatic carbocycles. The van der Waals surface area contributed by atoms with E-state index in [4.69, 9.17) is 0 Å². The first kappa shape index (κ1) is 17.1. The number of nitrogens with zero attached hydrogens (tertiary/aromatic N) is 2. The number of para-hydroxylation sites is 1. The fourth-order valence-electron chi connectivity index (χ4n) is 2.08. The lowest BCUT2D eigenvalue weighted by molar-refractivity contribution is -0.383. The van der Waals surface area contributed by atoms with Crippen LogP contribution in [0, 0.1) is 10.1 Å². The van der Waals surface area contributed by atoms with E-state index >= 15 is 0 Å². The molecule has 0 aliphatic heterocycles. The monoisotopic (exact) mass is 305 g/mol. The highest BCUT2D eigenvalue weighted by atomic mass is 19.4. The van der Waals surface area contributed by atoms with Gasteiger partial charge in [0.1, 0.15) is 17.9 Å². The van der Waals surface area contributed by atoms with Gasteiger partial charge in [0.05, 0.1) is 4.92 Å². The van der Waals surface area contributed by atoms with Gasteiger partial charge in [-0.1, -0.05) is 13.0 Å². The van der Waals surface area contributed by atoms with Crippen LogP contribution in [0.3, 0.4) is 0 Å². The number of benzene rings is 1. The van der Waals surface area contributed by atoms with Crippen molar-refractivity contribution in [1.82, 2.24) is 0 Å². The van der Waals surface area contributed by atoms with Crippen LogP contribution in [-0.4, -0.2) is 30.7 Å². The Balaban J connectivity index is 3.29. The number of nitro benzene ring substituents is 1. The summed E-state index contributed by atoms with van der Waals surface area (Å²) in [6.07, 6.45) is -3.96. The van der Waals surface area contributed by atoms with E-state index in [1.165, 1.54) is 18.2 Å². The van der Waals surface area contributed by atoms with Crippen molar-refractivity contribution in [2.75, 3.05) is 29.9 Å². The van der Waals surface area contributed by atoms with Crippen LogP contribution in [0.1, 0.15) is 20.3 Å². The molecule has 0 spiro atoms.